The van der Waals surface area contributed by atoms with Gasteiger partial charge in [0.05, 0.1) is 17.2 Å². The number of methoxy groups -OCH3 is 1. The zero-order chi connectivity index (χ0) is 17.8. The van der Waals surface area contributed by atoms with Gasteiger partial charge < -0.3 is 9.30 Å². The van der Waals surface area contributed by atoms with Crippen LogP contribution in [0, 0.1) is 13.8 Å². The molecular formula is C17H20N4O2S2. The van der Waals surface area contributed by atoms with E-state index in [4.69, 9.17) is 4.74 Å². The number of Topliss-reactive ketones (excluding diaryl/α,β-unsaturated/α-hetero) is 1. The number of ether oxygens (including phenoxy) is 1. The Kier molecular flexibility index (Phi) is 5.72. The quantitative estimate of drug-likeness (QED) is 0.481. The lowest BCUT2D eigenvalue weighted by atomic mass is 10.2. The molecule has 0 saturated heterocycles. The summed E-state index contributed by atoms with van der Waals surface area (Å²) in [5.74, 6) is 1.14. The van der Waals surface area contributed by atoms with Crippen LogP contribution in [0.3, 0.4) is 0 Å². The van der Waals surface area contributed by atoms with Crippen molar-refractivity contribution in [3.05, 3.63) is 40.5 Å². The number of aromatic amines is 1. The van der Waals surface area contributed by atoms with Crippen molar-refractivity contribution in [3.8, 4) is 10.7 Å². The number of thiophene rings is 1. The molecule has 0 aliphatic heterocycles. The smallest absolute Gasteiger partial charge is 0.209 e. The van der Waals surface area contributed by atoms with Crippen LogP contribution < -0.4 is 0 Å². The van der Waals surface area contributed by atoms with Crippen LogP contribution in [0.15, 0.2) is 28.7 Å². The SMILES string of the molecule is COCCn1c(C)cc(C(=O)CSc2n[nH]c(-c3cccs3)n2)c1C. The van der Waals surface area contributed by atoms with Gasteiger partial charge in [0.15, 0.2) is 11.6 Å². The largest absolute Gasteiger partial charge is 0.383 e. The molecule has 25 heavy (non-hydrogen) atoms. The van der Waals surface area contributed by atoms with Gasteiger partial charge in [-0.15, -0.1) is 16.4 Å². The molecule has 0 aliphatic rings. The van der Waals surface area contributed by atoms with Crippen molar-refractivity contribution in [2.75, 3.05) is 19.5 Å². The first-order chi connectivity index (χ1) is 12.1. The Morgan fingerprint density at radius 2 is 2.28 bits per heavy atom. The molecule has 0 unspecified atom stereocenters. The van der Waals surface area contributed by atoms with Crippen LogP contribution in [0.5, 0.6) is 0 Å². The summed E-state index contributed by atoms with van der Waals surface area (Å²) < 4.78 is 7.25. The standard InChI is InChI=1S/C17H20N4O2S2/c1-11-9-13(12(2)21(11)6-7-23-3)14(22)10-25-17-18-16(19-20-17)15-5-4-8-24-15/h4-5,8-9H,6-7,10H2,1-3H3,(H,18,19,20). The van der Waals surface area contributed by atoms with Crippen LogP contribution >= 0.6 is 23.1 Å². The molecule has 3 aromatic rings. The Bertz CT molecular complexity index is 852. The molecule has 0 fully saturated rings. The lowest BCUT2D eigenvalue weighted by Gasteiger charge is -2.08. The first kappa shape index (κ1) is 17.9. The summed E-state index contributed by atoms with van der Waals surface area (Å²) in [6, 6.07) is 5.90. The molecule has 0 saturated carbocycles. The van der Waals surface area contributed by atoms with Crippen molar-refractivity contribution in [1.29, 1.82) is 0 Å². The second kappa shape index (κ2) is 7.99. The highest BCUT2D eigenvalue weighted by Crippen LogP contribution is 2.24. The number of aryl methyl sites for hydroxylation is 1. The second-order valence-corrected chi connectivity index (χ2v) is 7.48. The topological polar surface area (TPSA) is 72.8 Å². The van der Waals surface area contributed by atoms with E-state index in [1.54, 1.807) is 18.4 Å². The van der Waals surface area contributed by atoms with E-state index in [0.29, 0.717) is 17.5 Å². The van der Waals surface area contributed by atoms with Crippen LogP contribution in [-0.4, -0.2) is 45.0 Å². The third-order valence-corrected chi connectivity index (χ3v) is 5.67. The van der Waals surface area contributed by atoms with Crippen molar-refractivity contribution >= 4 is 28.9 Å². The Balaban J connectivity index is 1.65. The molecule has 0 spiro atoms. The van der Waals surface area contributed by atoms with Crippen LogP contribution in [0.4, 0.5) is 0 Å². The molecule has 0 radical (unpaired) electrons. The monoisotopic (exact) mass is 376 g/mol. The molecule has 0 bridgehead atoms. The average molecular weight is 377 g/mol. The number of hydrogen-bond acceptors (Lipinski definition) is 6. The maximum Gasteiger partial charge on any atom is 0.209 e. The number of nitrogens with one attached hydrogen (secondary N) is 1. The van der Waals surface area contributed by atoms with E-state index >= 15 is 0 Å². The van der Waals surface area contributed by atoms with Gasteiger partial charge in [0.25, 0.3) is 0 Å². The fourth-order valence-electron chi connectivity index (χ4n) is 2.65. The van der Waals surface area contributed by atoms with E-state index in [-0.39, 0.29) is 5.78 Å². The molecule has 0 atom stereocenters. The molecule has 0 aliphatic carbocycles. The van der Waals surface area contributed by atoms with Crippen LogP contribution in [0.1, 0.15) is 21.7 Å². The van der Waals surface area contributed by atoms with Gasteiger partial charge in [0.1, 0.15) is 0 Å². The van der Waals surface area contributed by atoms with Crippen LogP contribution in [-0.2, 0) is 11.3 Å². The fourth-order valence-corrected chi connectivity index (χ4v) is 4.00. The molecule has 8 heteroatoms. The minimum absolute atomic E-state index is 0.0873. The Morgan fingerprint density at radius 1 is 1.44 bits per heavy atom. The van der Waals surface area contributed by atoms with Crippen molar-refractivity contribution in [2.45, 2.75) is 25.5 Å². The summed E-state index contributed by atoms with van der Waals surface area (Å²) in [7, 11) is 1.68. The third kappa shape index (κ3) is 4.02. The highest BCUT2D eigenvalue weighted by atomic mass is 32.2. The summed E-state index contributed by atoms with van der Waals surface area (Å²) in [5.41, 5.74) is 2.81. The lowest BCUT2D eigenvalue weighted by Crippen LogP contribution is -2.09. The fraction of sp³-hybridized carbons (Fsp3) is 0.353. The molecule has 1 N–H and O–H groups in total. The van der Waals surface area contributed by atoms with Crippen LogP contribution in [0.25, 0.3) is 10.7 Å². The molecule has 132 valence electrons. The third-order valence-electron chi connectivity index (χ3n) is 3.94. The van der Waals surface area contributed by atoms with Crippen LogP contribution in [0.2, 0.25) is 0 Å². The summed E-state index contributed by atoms with van der Waals surface area (Å²) in [6.45, 7) is 5.36. The van der Waals surface area contributed by atoms with Gasteiger partial charge in [-0.25, -0.2) is 4.98 Å². The number of nitrogens with zero attached hydrogens (tertiary/aromatic N) is 3. The van der Waals surface area contributed by atoms with E-state index in [2.05, 4.69) is 19.7 Å². The van der Waals surface area contributed by atoms with Gasteiger partial charge in [0.2, 0.25) is 5.16 Å². The Hall–Kier alpha value is -1.90. The molecule has 3 rings (SSSR count). The number of H-pyrrole nitrogens is 1. The van der Waals surface area contributed by atoms with Gasteiger partial charge in [-0.1, -0.05) is 17.8 Å². The number of aromatic nitrogens is 4. The zero-order valence-electron chi connectivity index (χ0n) is 14.4. The van der Waals surface area contributed by atoms with Crippen molar-refractivity contribution in [2.24, 2.45) is 0 Å². The number of carbonyl (C=O) groups excluding carboxylic acids is 1. The second-order valence-electron chi connectivity index (χ2n) is 5.58. The van der Waals surface area contributed by atoms with Gasteiger partial charge in [-0.2, -0.15) is 0 Å². The van der Waals surface area contributed by atoms with Gasteiger partial charge in [-0.3, -0.25) is 9.89 Å². The zero-order valence-corrected chi connectivity index (χ0v) is 16.0. The summed E-state index contributed by atoms with van der Waals surface area (Å²) >= 11 is 2.95. The number of thioether (sulfide) groups is 1. The Morgan fingerprint density at radius 3 is 3.00 bits per heavy atom. The Labute approximate surface area is 154 Å². The van der Waals surface area contributed by atoms with Crippen molar-refractivity contribution < 1.29 is 9.53 Å². The first-order valence-electron chi connectivity index (χ1n) is 7.88. The van der Waals surface area contributed by atoms with E-state index in [1.165, 1.54) is 11.8 Å². The molecule has 0 amide bonds. The van der Waals surface area contributed by atoms with Gasteiger partial charge in [-0.05, 0) is 31.4 Å². The summed E-state index contributed by atoms with van der Waals surface area (Å²) in [6.07, 6.45) is 0. The highest BCUT2D eigenvalue weighted by Gasteiger charge is 2.17. The molecular weight excluding hydrogens is 356 g/mol. The minimum Gasteiger partial charge on any atom is -0.383 e. The number of carbonyl (C=O) groups is 1. The predicted molar refractivity (Wildman–Crippen MR) is 101 cm³/mol. The molecule has 3 aromatic heterocycles. The number of rotatable bonds is 8. The molecule has 0 aromatic carbocycles. The van der Waals surface area contributed by atoms with E-state index in [0.717, 1.165) is 34.2 Å². The first-order valence-corrected chi connectivity index (χ1v) is 9.74. The number of hydrogen-bond donors (Lipinski definition) is 1. The van der Waals surface area contributed by atoms with Gasteiger partial charge >= 0.3 is 0 Å². The van der Waals surface area contributed by atoms with Crippen molar-refractivity contribution in [3.63, 3.8) is 0 Å². The summed E-state index contributed by atoms with van der Waals surface area (Å²) in [4.78, 5) is 18.1. The normalized spacial score (nSPS) is 11.2. The van der Waals surface area contributed by atoms with Crippen molar-refractivity contribution in [1.82, 2.24) is 19.7 Å². The van der Waals surface area contributed by atoms with Gasteiger partial charge in [0, 0.05) is 30.6 Å². The van der Waals surface area contributed by atoms with E-state index < -0.39 is 0 Å². The minimum atomic E-state index is 0.0873. The maximum absolute atomic E-state index is 12.6. The number of ketones is 1. The molecule has 6 nitrogen and oxygen atoms in total. The average Bonchev–Trinajstić information content (AvgIpc) is 3.32. The van der Waals surface area contributed by atoms with E-state index in [9.17, 15) is 4.79 Å². The highest BCUT2D eigenvalue weighted by molar-refractivity contribution is 7.99. The summed E-state index contributed by atoms with van der Waals surface area (Å²) in [5, 5.41) is 9.68. The predicted octanol–water partition coefficient (Wildman–Crippen LogP) is 3.57. The molecule has 3 heterocycles. The van der Waals surface area contributed by atoms with E-state index in [1.807, 2.05) is 37.4 Å². The maximum atomic E-state index is 12.6. The lowest BCUT2D eigenvalue weighted by molar-refractivity contribution is 0.102.